The van der Waals surface area contributed by atoms with E-state index in [0.29, 0.717) is 12.1 Å². The molecule has 2 saturated heterocycles. The van der Waals surface area contributed by atoms with Crippen molar-refractivity contribution in [2.75, 3.05) is 0 Å². The van der Waals surface area contributed by atoms with E-state index in [-0.39, 0.29) is 29.9 Å². The van der Waals surface area contributed by atoms with Gasteiger partial charge in [0.15, 0.2) is 0 Å². The van der Waals surface area contributed by atoms with Crippen LogP contribution in [0.4, 0.5) is 0 Å². The molecule has 3 heterocycles. The first-order chi connectivity index (χ1) is 12.6. The molecule has 4 rings (SSSR count). The van der Waals surface area contributed by atoms with E-state index in [2.05, 4.69) is 22.5 Å². The zero-order valence-electron chi connectivity index (χ0n) is 15.0. The van der Waals surface area contributed by atoms with Crippen LogP contribution in [-0.4, -0.2) is 38.6 Å². The molecule has 1 aromatic carbocycles. The summed E-state index contributed by atoms with van der Waals surface area (Å²) in [6.45, 7) is 0. The van der Waals surface area contributed by atoms with Crippen LogP contribution in [0.5, 0.6) is 0 Å². The van der Waals surface area contributed by atoms with Crippen molar-refractivity contribution in [2.24, 2.45) is 7.05 Å². The largest absolute Gasteiger partial charge is 0.351 e. The minimum atomic E-state index is -0.0352. The molecule has 2 aliphatic rings. The smallest absolute Gasteiger partial charge is 0.272 e. The van der Waals surface area contributed by atoms with Gasteiger partial charge in [-0.1, -0.05) is 36.8 Å². The van der Waals surface area contributed by atoms with Crippen molar-refractivity contribution in [1.29, 1.82) is 0 Å². The third kappa shape index (κ3) is 3.00. The van der Waals surface area contributed by atoms with Crippen molar-refractivity contribution in [3.05, 3.63) is 53.9 Å². The maximum absolute atomic E-state index is 13.4. The van der Waals surface area contributed by atoms with Crippen molar-refractivity contribution >= 4 is 11.8 Å². The number of aryl methyl sites for hydroxylation is 1. The Morgan fingerprint density at radius 2 is 2.00 bits per heavy atom. The Bertz CT molecular complexity index is 801. The lowest BCUT2D eigenvalue weighted by Gasteiger charge is -2.33. The van der Waals surface area contributed by atoms with E-state index in [9.17, 15) is 9.59 Å². The van der Waals surface area contributed by atoms with Gasteiger partial charge >= 0.3 is 0 Å². The van der Waals surface area contributed by atoms with Gasteiger partial charge in [-0.25, -0.2) is 0 Å². The number of likely N-dealkylation sites (tertiary alicyclic amines) is 1. The Balaban J connectivity index is 1.73. The van der Waals surface area contributed by atoms with Crippen LogP contribution in [-0.2, 0) is 11.8 Å². The molecule has 2 fully saturated rings. The monoisotopic (exact) mass is 352 g/mol. The highest BCUT2D eigenvalue weighted by Crippen LogP contribution is 2.40. The van der Waals surface area contributed by atoms with Gasteiger partial charge in [0.05, 0.1) is 18.1 Å². The van der Waals surface area contributed by atoms with Crippen molar-refractivity contribution in [3.63, 3.8) is 0 Å². The van der Waals surface area contributed by atoms with Crippen molar-refractivity contribution in [3.8, 4) is 0 Å². The molecule has 136 valence electrons. The van der Waals surface area contributed by atoms with E-state index < -0.39 is 0 Å². The summed E-state index contributed by atoms with van der Waals surface area (Å²) in [4.78, 5) is 27.5. The van der Waals surface area contributed by atoms with E-state index in [1.807, 2.05) is 23.1 Å². The maximum atomic E-state index is 13.4. The molecule has 0 aliphatic carbocycles. The number of aromatic nitrogens is 2. The van der Waals surface area contributed by atoms with Crippen LogP contribution in [0.1, 0.15) is 54.2 Å². The van der Waals surface area contributed by atoms with Gasteiger partial charge in [-0.15, -0.1) is 0 Å². The Labute approximate surface area is 153 Å². The SMILES string of the molecule is Cn1nccc1C(=O)N1[C@H](c2ccccc2)C[C@H]2NC(=O)CCCC[C@@H]21. The van der Waals surface area contributed by atoms with Gasteiger partial charge in [0.25, 0.3) is 5.91 Å². The number of hydrogen-bond acceptors (Lipinski definition) is 3. The molecule has 0 bridgehead atoms. The van der Waals surface area contributed by atoms with E-state index in [1.54, 1.807) is 24.0 Å². The fraction of sp³-hybridized carbons (Fsp3) is 0.450. The molecule has 0 saturated carbocycles. The fourth-order valence-electron chi connectivity index (χ4n) is 4.33. The van der Waals surface area contributed by atoms with Crippen molar-refractivity contribution in [2.45, 2.75) is 50.2 Å². The van der Waals surface area contributed by atoms with E-state index >= 15 is 0 Å². The molecule has 2 aliphatic heterocycles. The topological polar surface area (TPSA) is 67.2 Å². The lowest BCUT2D eigenvalue weighted by atomic mass is 9.97. The summed E-state index contributed by atoms with van der Waals surface area (Å²) >= 11 is 0. The molecular weight excluding hydrogens is 328 g/mol. The van der Waals surface area contributed by atoms with Crippen LogP contribution in [0, 0.1) is 0 Å². The summed E-state index contributed by atoms with van der Waals surface area (Å²) in [6.07, 6.45) is 5.74. The zero-order valence-corrected chi connectivity index (χ0v) is 15.0. The van der Waals surface area contributed by atoms with E-state index in [1.165, 1.54) is 0 Å². The van der Waals surface area contributed by atoms with Crippen LogP contribution in [0.2, 0.25) is 0 Å². The van der Waals surface area contributed by atoms with Crippen LogP contribution in [0.3, 0.4) is 0 Å². The summed E-state index contributed by atoms with van der Waals surface area (Å²) in [5.74, 6) is 0.0857. The summed E-state index contributed by atoms with van der Waals surface area (Å²) < 4.78 is 1.62. The van der Waals surface area contributed by atoms with Crippen LogP contribution < -0.4 is 5.32 Å². The Kier molecular flexibility index (Phi) is 4.49. The molecule has 0 radical (unpaired) electrons. The second kappa shape index (κ2) is 6.94. The van der Waals surface area contributed by atoms with Crippen molar-refractivity contribution in [1.82, 2.24) is 20.0 Å². The average molecular weight is 352 g/mol. The number of benzene rings is 1. The summed E-state index contributed by atoms with van der Waals surface area (Å²) in [7, 11) is 1.79. The van der Waals surface area contributed by atoms with Gasteiger partial charge in [0, 0.05) is 19.7 Å². The molecule has 2 amide bonds. The number of hydrogen-bond donors (Lipinski definition) is 1. The predicted octanol–water partition coefficient (Wildman–Crippen LogP) is 2.43. The average Bonchev–Trinajstić information content (AvgIpc) is 3.21. The van der Waals surface area contributed by atoms with Crippen molar-refractivity contribution < 1.29 is 9.59 Å². The standard InChI is InChI=1S/C20H24N4O2/c1-23-17(11-12-21-23)20(26)24-16-9-5-6-10-19(25)22-15(16)13-18(24)14-7-3-2-4-8-14/h2-4,7-8,11-12,15-16,18H,5-6,9-10,13H2,1H3,(H,22,25)/t15-,16+,18+/m1/s1. The van der Waals surface area contributed by atoms with E-state index in [0.717, 1.165) is 31.2 Å². The minimum absolute atomic E-state index is 0.00480. The van der Waals surface area contributed by atoms with Gasteiger partial charge in [0.1, 0.15) is 5.69 Å². The molecule has 0 spiro atoms. The Morgan fingerprint density at radius 3 is 2.73 bits per heavy atom. The second-order valence-corrected chi connectivity index (χ2v) is 7.20. The molecule has 1 N–H and O–H groups in total. The lowest BCUT2D eigenvalue weighted by Crippen LogP contribution is -2.48. The first-order valence-corrected chi connectivity index (χ1v) is 9.30. The highest BCUT2D eigenvalue weighted by atomic mass is 16.2. The Hall–Kier alpha value is -2.63. The fourth-order valence-corrected chi connectivity index (χ4v) is 4.33. The third-order valence-electron chi connectivity index (χ3n) is 5.59. The molecular formula is C20H24N4O2. The first kappa shape index (κ1) is 16.8. The van der Waals surface area contributed by atoms with E-state index in [4.69, 9.17) is 0 Å². The molecule has 2 aromatic rings. The van der Waals surface area contributed by atoms with Gasteiger partial charge in [-0.2, -0.15) is 5.10 Å². The number of fused-ring (bicyclic) bond motifs is 1. The normalized spacial score (nSPS) is 26.0. The minimum Gasteiger partial charge on any atom is -0.351 e. The van der Waals surface area contributed by atoms with Gasteiger partial charge in [-0.3, -0.25) is 14.3 Å². The summed E-state index contributed by atoms with van der Waals surface area (Å²) in [5.41, 5.74) is 1.70. The number of nitrogens with one attached hydrogen (secondary N) is 1. The quantitative estimate of drug-likeness (QED) is 0.903. The number of carbonyl (C=O) groups excluding carboxylic acids is 2. The number of nitrogens with zero attached hydrogens (tertiary/aromatic N) is 3. The number of amides is 2. The van der Waals surface area contributed by atoms with Gasteiger partial charge in [0.2, 0.25) is 5.91 Å². The molecule has 6 heteroatoms. The number of rotatable bonds is 2. The highest BCUT2D eigenvalue weighted by molar-refractivity contribution is 5.93. The van der Waals surface area contributed by atoms with Gasteiger partial charge in [-0.05, 0) is 30.9 Å². The summed E-state index contributed by atoms with van der Waals surface area (Å²) in [6, 6.07) is 11.9. The third-order valence-corrected chi connectivity index (χ3v) is 5.59. The highest BCUT2D eigenvalue weighted by Gasteiger charge is 2.45. The maximum Gasteiger partial charge on any atom is 0.272 e. The Morgan fingerprint density at radius 1 is 1.19 bits per heavy atom. The molecule has 6 nitrogen and oxygen atoms in total. The zero-order chi connectivity index (χ0) is 18.1. The van der Waals surface area contributed by atoms with Crippen LogP contribution >= 0.6 is 0 Å². The molecule has 26 heavy (non-hydrogen) atoms. The van der Waals surface area contributed by atoms with Gasteiger partial charge < -0.3 is 10.2 Å². The molecule has 1 aromatic heterocycles. The molecule has 3 atom stereocenters. The van der Waals surface area contributed by atoms with Crippen LogP contribution in [0.25, 0.3) is 0 Å². The summed E-state index contributed by atoms with van der Waals surface area (Å²) in [5, 5.41) is 7.33. The first-order valence-electron chi connectivity index (χ1n) is 9.30. The predicted molar refractivity (Wildman–Crippen MR) is 97.4 cm³/mol. The number of carbonyl (C=O) groups is 2. The van der Waals surface area contributed by atoms with Crippen LogP contribution in [0.15, 0.2) is 42.6 Å². The molecule has 0 unspecified atom stereocenters. The second-order valence-electron chi connectivity index (χ2n) is 7.20. The lowest BCUT2D eigenvalue weighted by molar-refractivity contribution is -0.122.